The minimum atomic E-state index is -0.228. The fraction of sp³-hybridized carbons (Fsp3) is 0.357. The molecule has 1 aliphatic carbocycles. The monoisotopic (exact) mass is 259 g/mol. The Hall–Kier alpha value is -2.17. The number of nitrogens with one attached hydrogen (secondary N) is 2. The van der Waals surface area contributed by atoms with Crippen molar-refractivity contribution in [1.29, 1.82) is 0 Å². The summed E-state index contributed by atoms with van der Waals surface area (Å²) in [5, 5.41) is 6.77. The first-order valence-corrected chi connectivity index (χ1v) is 6.38. The lowest BCUT2D eigenvalue weighted by molar-refractivity contribution is -0.114. The van der Waals surface area contributed by atoms with Crippen LogP contribution in [-0.4, -0.2) is 17.5 Å². The highest BCUT2D eigenvalue weighted by atomic mass is 16.2. The summed E-state index contributed by atoms with van der Waals surface area (Å²) in [4.78, 5) is 22.7. The van der Waals surface area contributed by atoms with E-state index in [1.165, 1.54) is 6.92 Å². The third kappa shape index (κ3) is 3.91. The molecule has 2 rings (SSSR count). The first-order chi connectivity index (χ1) is 9.15. The molecule has 100 valence electrons. The number of anilines is 1. The van der Waals surface area contributed by atoms with Crippen LogP contribution in [0.1, 0.15) is 43.0 Å². The maximum Gasteiger partial charge on any atom is 0.271 e. The topological polar surface area (TPSA) is 70.6 Å². The van der Waals surface area contributed by atoms with Crippen molar-refractivity contribution in [2.75, 3.05) is 5.32 Å². The molecule has 2 amide bonds. The van der Waals surface area contributed by atoms with Gasteiger partial charge in [-0.1, -0.05) is 0 Å². The molecule has 0 saturated heterocycles. The average Bonchev–Trinajstić information content (AvgIpc) is 2.89. The van der Waals surface area contributed by atoms with Gasteiger partial charge in [0.1, 0.15) is 0 Å². The van der Waals surface area contributed by atoms with E-state index in [1.807, 2.05) is 0 Å². The summed E-state index contributed by atoms with van der Waals surface area (Å²) < 4.78 is 0. The number of carbonyl (C=O) groups excluding carboxylic acids is 2. The van der Waals surface area contributed by atoms with Gasteiger partial charge in [0.05, 0.1) is 0 Å². The summed E-state index contributed by atoms with van der Waals surface area (Å²) in [5.74, 6) is -0.362. The first kappa shape index (κ1) is 13.3. The maximum absolute atomic E-state index is 11.8. The van der Waals surface area contributed by atoms with Crippen LogP contribution in [0.25, 0.3) is 0 Å². The van der Waals surface area contributed by atoms with E-state index in [0.29, 0.717) is 11.3 Å². The normalized spacial score (nSPS) is 14.1. The van der Waals surface area contributed by atoms with E-state index in [1.54, 1.807) is 24.3 Å². The number of carbonyl (C=O) groups is 2. The van der Waals surface area contributed by atoms with E-state index in [2.05, 4.69) is 15.8 Å². The van der Waals surface area contributed by atoms with Gasteiger partial charge in [0.15, 0.2) is 0 Å². The van der Waals surface area contributed by atoms with Crippen LogP contribution in [0.2, 0.25) is 0 Å². The van der Waals surface area contributed by atoms with Crippen LogP contribution in [0.15, 0.2) is 29.4 Å². The summed E-state index contributed by atoms with van der Waals surface area (Å²) in [7, 11) is 0. The lowest BCUT2D eigenvalue weighted by Crippen LogP contribution is -2.19. The Morgan fingerprint density at radius 2 is 1.74 bits per heavy atom. The van der Waals surface area contributed by atoms with Gasteiger partial charge in [-0.05, 0) is 49.9 Å². The van der Waals surface area contributed by atoms with Gasteiger partial charge >= 0.3 is 0 Å². The fourth-order valence-corrected chi connectivity index (χ4v) is 2.00. The van der Waals surface area contributed by atoms with Crippen molar-refractivity contribution in [3.05, 3.63) is 29.8 Å². The highest BCUT2D eigenvalue weighted by molar-refractivity contribution is 5.96. The van der Waals surface area contributed by atoms with E-state index in [4.69, 9.17) is 0 Å². The van der Waals surface area contributed by atoms with Crippen LogP contribution >= 0.6 is 0 Å². The fourth-order valence-electron chi connectivity index (χ4n) is 2.00. The molecule has 0 spiro atoms. The predicted molar refractivity (Wildman–Crippen MR) is 74.1 cm³/mol. The van der Waals surface area contributed by atoms with Gasteiger partial charge in [0.25, 0.3) is 5.91 Å². The molecule has 0 aromatic heterocycles. The zero-order valence-electron chi connectivity index (χ0n) is 10.9. The number of hydrogen-bond acceptors (Lipinski definition) is 3. The lowest BCUT2D eigenvalue weighted by Gasteiger charge is -2.04. The van der Waals surface area contributed by atoms with Gasteiger partial charge in [-0.2, -0.15) is 5.10 Å². The molecule has 0 atom stereocenters. The lowest BCUT2D eigenvalue weighted by atomic mass is 10.2. The average molecular weight is 259 g/mol. The molecule has 5 nitrogen and oxygen atoms in total. The predicted octanol–water partition coefficient (Wildman–Crippen LogP) is 2.30. The molecule has 1 saturated carbocycles. The van der Waals surface area contributed by atoms with E-state index in [9.17, 15) is 9.59 Å². The summed E-state index contributed by atoms with van der Waals surface area (Å²) in [6.07, 6.45) is 4.25. The van der Waals surface area contributed by atoms with Crippen molar-refractivity contribution in [3.8, 4) is 0 Å². The molecule has 1 aromatic carbocycles. The standard InChI is InChI=1S/C14H17N3O2/c1-10(18)15-12-8-6-11(7-9-12)14(19)17-16-13-4-2-3-5-13/h6-9H,2-5H2,1H3,(H,15,18)(H,17,19). The summed E-state index contributed by atoms with van der Waals surface area (Å²) in [6.45, 7) is 1.44. The molecule has 5 heteroatoms. The second kappa shape index (κ2) is 6.13. The second-order valence-corrected chi connectivity index (χ2v) is 4.58. The van der Waals surface area contributed by atoms with Gasteiger partial charge in [-0.3, -0.25) is 9.59 Å². The highest BCUT2D eigenvalue weighted by Crippen LogP contribution is 2.14. The molecule has 0 radical (unpaired) electrons. The van der Waals surface area contributed by atoms with Gasteiger partial charge in [0, 0.05) is 23.9 Å². The van der Waals surface area contributed by atoms with Crippen LogP contribution in [0.5, 0.6) is 0 Å². The Balaban J connectivity index is 1.95. The van der Waals surface area contributed by atoms with Crippen LogP contribution < -0.4 is 10.7 Å². The van der Waals surface area contributed by atoms with Crippen LogP contribution in [0.4, 0.5) is 5.69 Å². The zero-order chi connectivity index (χ0) is 13.7. The minimum Gasteiger partial charge on any atom is -0.326 e. The first-order valence-electron chi connectivity index (χ1n) is 6.38. The van der Waals surface area contributed by atoms with E-state index < -0.39 is 0 Å². The van der Waals surface area contributed by atoms with Crippen LogP contribution in [-0.2, 0) is 4.79 Å². The number of amides is 2. The van der Waals surface area contributed by atoms with Gasteiger partial charge in [0.2, 0.25) is 5.91 Å². The molecule has 1 fully saturated rings. The number of benzene rings is 1. The Morgan fingerprint density at radius 1 is 1.11 bits per heavy atom. The Bertz CT molecular complexity index is 498. The largest absolute Gasteiger partial charge is 0.326 e. The molecular formula is C14H17N3O2. The molecule has 1 aromatic rings. The quantitative estimate of drug-likeness (QED) is 0.818. The third-order valence-corrected chi connectivity index (χ3v) is 2.96. The SMILES string of the molecule is CC(=O)Nc1ccc(C(=O)NN=C2CCCC2)cc1. The van der Waals surface area contributed by atoms with Gasteiger partial charge in [-0.25, -0.2) is 5.43 Å². The molecule has 2 N–H and O–H groups in total. The molecule has 1 aliphatic rings. The summed E-state index contributed by atoms with van der Waals surface area (Å²) in [5.41, 5.74) is 4.82. The van der Waals surface area contributed by atoms with Gasteiger partial charge < -0.3 is 5.32 Å². The van der Waals surface area contributed by atoms with E-state index in [0.717, 1.165) is 31.4 Å². The molecule has 0 heterocycles. The van der Waals surface area contributed by atoms with Gasteiger partial charge in [-0.15, -0.1) is 0 Å². The maximum atomic E-state index is 11.8. The number of nitrogens with zero attached hydrogens (tertiary/aromatic N) is 1. The van der Waals surface area contributed by atoms with E-state index >= 15 is 0 Å². The van der Waals surface area contributed by atoms with Crippen molar-refractivity contribution in [2.45, 2.75) is 32.6 Å². The third-order valence-electron chi connectivity index (χ3n) is 2.96. The number of rotatable bonds is 3. The Kier molecular flexibility index (Phi) is 4.28. The second-order valence-electron chi connectivity index (χ2n) is 4.58. The summed E-state index contributed by atoms with van der Waals surface area (Å²) in [6, 6.07) is 6.71. The molecule has 0 unspecified atom stereocenters. The van der Waals surface area contributed by atoms with Crippen LogP contribution in [0.3, 0.4) is 0 Å². The molecule has 0 bridgehead atoms. The molecule has 0 aliphatic heterocycles. The van der Waals surface area contributed by atoms with Crippen LogP contribution in [0, 0.1) is 0 Å². The highest BCUT2D eigenvalue weighted by Gasteiger charge is 2.09. The molecular weight excluding hydrogens is 242 g/mol. The summed E-state index contributed by atoms with van der Waals surface area (Å²) >= 11 is 0. The van der Waals surface area contributed by atoms with Crippen molar-refractivity contribution < 1.29 is 9.59 Å². The zero-order valence-corrected chi connectivity index (χ0v) is 10.9. The number of hydrazone groups is 1. The van der Waals surface area contributed by atoms with E-state index in [-0.39, 0.29) is 11.8 Å². The molecule has 19 heavy (non-hydrogen) atoms. The Morgan fingerprint density at radius 3 is 2.32 bits per heavy atom. The minimum absolute atomic E-state index is 0.134. The van der Waals surface area contributed by atoms with Crippen molar-refractivity contribution in [2.24, 2.45) is 5.10 Å². The van der Waals surface area contributed by atoms with Crippen molar-refractivity contribution in [1.82, 2.24) is 5.43 Å². The van der Waals surface area contributed by atoms with Crippen molar-refractivity contribution >= 4 is 23.2 Å². The number of hydrogen-bond donors (Lipinski definition) is 2. The van der Waals surface area contributed by atoms with Crippen molar-refractivity contribution in [3.63, 3.8) is 0 Å². The Labute approximate surface area is 112 Å². The smallest absolute Gasteiger partial charge is 0.271 e.